The number of rotatable bonds is 5. The molecule has 70 valence electrons. The molecule has 0 saturated carbocycles. The van der Waals surface area contributed by atoms with E-state index in [9.17, 15) is 9.59 Å². The molecular formula is C6H10ClNO4. The highest BCUT2D eigenvalue weighted by atomic mass is 35.5. The first-order valence-electron chi connectivity index (χ1n) is 3.20. The van der Waals surface area contributed by atoms with Crippen LogP contribution in [-0.2, 0) is 14.3 Å². The summed E-state index contributed by atoms with van der Waals surface area (Å²) in [5.41, 5.74) is 0. The van der Waals surface area contributed by atoms with Crippen molar-refractivity contribution in [1.82, 2.24) is 5.32 Å². The molecule has 0 heterocycles. The topological polar surface area (TPSA) is 75.6 Å². The molecule has 0 aliphatic heterocycles. The third-order valence-corrected chi connectivity index (χ3v) is 1.34. The van der Waals surface area contributed by atoms with Crippen molar-refractivity contribution in [1.29, 1.82) is 0 Å². The van der Waals surface area contributed by atoms with E-state index in [0.29, 0.717) is 0 Å². The van der Waals surface area contributed by atoms with E-state index in [1.54, 1.807) is 0 Å². The average Bonchev–Trinajstić information content (AvgIpc) is 2.01. The molecule has 2 N–H and O–H groups in total. The minimum Gasteiger partial charge on any atom is -0.481 e. The second-order valence-electron chi connectivity index (χ2n) is 2.01. The third-order valence-electron chi connectivity index (χ3n) is 1.19. The molecule has 0 amide bonds. The summed E-state index contributed by atoms with van der Waals surface area (Å²) in [6.07, 6.45) is -0.334. The zero-order chi connectivity index (χ0) is 9.56. The van der Waals surface area contributed by atoms with Gasteiger partial charge in [-0.1, -0.05) is 0 Å². The number of ether oxygens (including phenoxy) is 1. The van der Waals surface area contributed by atoms with Crippen molar-refractivity contribution in [2.75, 3.05) is 13.1 Å². The van der Waals surface area contributed by atoms with Gasteiger partial charge in [0.05, 0.1) is 19.5 Å². The molecule has 0 aromatic rings. The van der Waals surface area contributed by atoms with Crippen molar-refractivity contribution in [3.8, 4) is 0 Å². The van der Waals surface area contributed by atoms with Crippen molar-refractivity contribution >= 4 is 23.5 Å². The second kappa shape index (κ2) is 5.79. The fourth-order valence-electron chi connectivity index (χ4n) is 0.649. The number of carboxylic acid groups (broad SMARTS) is 1. The normalized spacial score (nSPS) is 12.2. The molecule has 0 aliphatic rings. The lowest BCUT2D eigenvalue weighted by Crippen LogP contribution is -2.38. The van der Waals surface area contributed by atoms with Crippen LogP contribution in [0.3, 0.4) is 0 Å². The SMILES string of the molecule is COC(=O)[C@H](CC(=O)O)NCCl. The van der Waals surface area contributed by atoms with Crippen molar-refractivity contribution < 1.29 is 19.4 Å². The lowest BCUT2D eigenvalue weighted by Gasteiger charge is -2.11. The minimum atomic E-state index is -1.08. The largest absolute Gasteiger partial charge is 0.481 e. The summed E-state index contributed by atoms with van der Waals surface area (Å²) in [6, 6.07) is -0.863. The van der Waals surface area contributed by atoms with Gasteiger partial charge in [0.15, 0.2) is 0 Å². The average molecular weight is 196 g/mol. The first kappa shape index (κ1) is 11.2. The van der Waals surface area contributed by atoms with Crippen molar-refractivity contribution in [3.05, 3.63) is 0 Å². The molecule has 0 aromatic carbocycles. The molecule has 0 rings (SSSR count). The van der Waals surface area contributed by atoms with Gasteiger partial charge in [-0.05, 0) is 0 Å². The van der Waals surface area contributed by atoms with Gasteiger partial charge in [0.1, 0.15) is 6.04 Å². The fraction of sp³-hybridized carbons (Fsp3) is 0.667. The smallest absolute Gasteiger partial charge is 0.323 e. The first-order chi connectivity index (χ1) is 5.61. The molecule has 6 heteroatoms. The molecule has 0 unspecified atom stereocenters. The number of hydrogen-bond donors (Lipinski definition) is 2. The maximum absolute atomic E-state index is 10.8. The Morgan fingerprint density at radius 3 is 2.58 bits per heavy atom. The fourth-order valence-corrected chi connectivity index (χ4v) is 0.835. The van der Waals surface area contributed by atoms with E-state index in [4.69, 9.17) is 16.7 Å². The quantitative estimate of drug-likeness (QED) is 0.361. The zero-order valence-corrected chi connectivity index (χ0v) is 7.30. The molecule has 0 spiro atoms. The summed E-state index contributed by atoms with van der Waals surface area (Å²) >= 11 is 5.27. The standard InChI is InChI=1S/C6H10ClNO4/c1-12-6(11)4(8-3-7)2-5(9)10/h4,8H,2-3H2,1H3,(H,9,10)/t4-/m0/s1. The zero-order valence-electron chi connectivity index (χ0n) is 6.54. The van der Waals surface area contributed by atoms with Gasteiger partial charge < -0.3 is 9.84 Å². The van der Waals surface area contributed by atoms with Crippen LogP contribution in [0.25, 0.3) is 0 Å². The van der Waals surface area contributed by atoms with Gasteiger partial charge in [0.25, 0.3) is 0 Å². The van der Waals surface area contributed by atoms with Crippen LogP contribution in [0, 0.1) is 0 Å². The number of carboxylic acids is 1. The molecule has 0 aromatic heterocycles. The summed E-state index contributed by atoms with van der Waals surface area (Å²) in [7, 11) is 1.19. The Labute approximate surface area is 74.6 Å². The predicted octanol–water partition coefficient (Wildman–Crippen LogP) is -0.211. The number of carbonyl (C=O) groups excluding carboxylic acids is 1. The first-order valence-corrected chi connectivity index (χ1v) is 3.74. The van der Waals surface area contributed by atoms with Crippen LogP contribution in [-0.4, -0.2) is 36.2 Å². The molecular weight excluding hydrogens is 186 g/mol. The summed E-state index contributed by atoms with van der Waals surface area (Å²) in [6.45, 7) is 0. The van der Waals surface area contributed by atoms with E-state index < -0.39 is 18.0 Å². The van der Waals surface area contributed by atoms with Gasteiger partial charge in [-0.15, -0.1) is 11.6 Å². The Kier molecular flexibility index (Phi) is 5.40. The monoisotopic (exact) mass is 195 g/mol. The summed E-state index contributed by atoms with van der Waals surface area (Å²) in [4.78, 5) is 21.0. The van der Waals surface area contributed by atoms with Crippen LogP contribution in [0.4, 0.5) is 0 Å². The maximum atomic E-state index is 10.8. The number of carbonyl (C=O) groups is 2. The molecule has 1 atom stereocenters. The predicted molar refractivity (Wildman–Crippen MR) is 41.9 cm³/mol. The molecule has 12 heavy (non-hydrogen) atoms. The highest BCUT2D eigenvalue weighted by Crippen LogP contribution is 1.95. The lowest BCUT2D eigenvalue weighted by molar-refractivity contribution is -0.148. The third kappa shape index (κ3) is 4.15. The maximum Gasteiger partial charge on any atom is 0.323 e. The highest BCUT2D eigenvalue weighted by Gasteiger charge is 2.20. The molecule has 0 aliphatic carbocycles. The molecule has 5 nitrogen and oxygen atoms in total. The molecule has 0 bridgehead atoms. The minimum absolute atomic E-state index is 0.00699. The molecule has 0 fully saturated rings. The summed E-state index contributed by atoms with van der Waals surface area (Å²) in [5.74, 6) is -1.71. The van der Waals surface area contributed by atoms with Crippen LogP contribution in [0.2, 0.25) is 0 Å². The van der Waals surface area contributed by atoms with E-state index in [1.807, 2.05) is 0 Å². The van der Waals surface area contributed by atoms with Gasteiger partial charge in [-0.2, -0.15) is 0 Å². The summed E-state index contributed by atoms with van der Waals surface area (Å²) < 4.78 is 4.34. The number of esters is 1. The summed E-state index contributed by atoms with van der Waals surface area (Å²) in [5, 5.41) is 10.8. The Bertz CT molecular complexity index is 173. The van der Waals surface area contributed by atoms with Crippen LogP contribution >= 0.6 is 11.6 Å². The number of methoxy groups -OCH3 is 1. The number of halogens is 1. The number of alkyl halides is 1. The van der Waals surface area contributed by atoms with Gasteiger partial charge >= 0.3 is 11.9 Å². The van der Waals surface area contributed by atoms with Crippen molar-refractivity contribution in [2.24, 2.45) is 0 Å². The van der Waals surface area contributed by atoms with Crippen LogP contribution < -0.4 is 5.32 Å². The van der Waals surface area contributed by atoms with Crippen LogP contribution in [0.15, 0.2) is 0 Å². The lowest BCUT2D eigenvalue weighted by atomic mass is 10.2. The van der Waals surface area contributed by atoms with E-state index >= 15 is 0 Å². The van der Waals surface area contributed by atoms with Gasteiger partial charge in [0, 0.05) is 0 Å². The van der Waals surface area contributed by atoms with E-state index in [1.165, 1.54) is 7.11 Å². The van der Waals surface area contributed by atoms with Crippen LogP contribution in [0.5, 0.6) is 0 Å². The van der Waals surface area contributed by atoms with E-state index in [2.05, 4.69) is 10.1 Å². The van der Waals surface area contributed by atoms with Gasteiger partial charge in [-0.3, -0.25) is 14.9 Å². The van der Waals surface area contributed by atoms with Crippen molar-refractivity contribution in [3.63, 3.8) is 0 Å². The van der Waals surface area contributed by atoms with Gasteiger partial charge in [0.2, 0.25) is 0 Å². The van der Waals surface area contributed by atoms with E-state index in [-0.39, 0.29) is 12.4 Å². The van der Waals surface area contributed by atoms with Gasteiger partial charge in [-0.25, -0.2) is 0 Å². The van der Waals surface area contributed by atoms with Crippen LogP contribution in [0.1, 0.15) is 6.42 Å². The Morgan fingerprint density at radius 1 is 1.67 bits per heavy atom. The Balaban J connectivity index is 4.02. The Hall–Kier alpha value is -0.810. The number of aliphatic carboxylic acids is 1. The van der Waals surface area contributed by atoms with Crippen molar-refractivity contribution in [2.45, 2.75) is 12.5 Å². The molecule has 0 saturated heterocycles. The highest BCUT2D eigenvalue weighted by molar-refractivity contribution is 6.17. The van der Waals surface area contributed by atoms with E-state index in [0.717, 1.165) is 0 Å². The molecule has 0 radical (unpaired) electrons. The number of nitrogens with one attached hydrogen (secondary N) is 1. The Morgan fingerprint density at radius 2 is 2.25 bits per heavy atom. The second-order valence-corrected chi connectivity index (χ2v) is 2.28. The number of hydrogen-bond acceptors (Lipinski definition) is 4.